The summed E-state index contributed by atoms with van der Waals surface area (Å²) in [5.41, 5.74) is 1.53. The van der Waals surface area contributed by atoms with Crippen molar-refractivity contribution in [3.05, 3.63) is 59.7 Å². The van der Waals surface area contributed by atoms with Gasteiger partial charge in [-0.1, -0.05) is 31.2 Å². The van der Waals surface area contributed by atoms with Crippen LogP contribution >= 0.6 is 12.2 Å². The van der Waals surface area contributed by atoms with Gasteiger partial charge in [0.25, 0.3) is 5.91 Å². The molecule has 2 N–H and O–H groups in total. The zero-order chi connectivity index (χ0) is 18.1. The molecule has 2 aromatic carbocycles. The highest BCUT2D eigenvalue weighted by Gasteiger charge is 2.08. The summed E-state index contributed by atoms with van der Waals surface area (Å²) < 4.78 is 11.0. The van der Waals surface area contributed by atoms with Crippen molar-refractivity contribution >= 4 is 23.2 Å². The molecule has 2 aromatic rings. The van der Waals surface area contributed by atoms with E-state index < -0.39 is 0 Å². The Balaban J connectivity index is 1.90. The van der Waals surface area contributed by atoms with E-state index in [2.05, 4.69) is 17.6 Å². The minimum Gasteiger partial charge on any atom is -0.493 e. The summed E-state index contributed by atoms with van der Waals surface area (Å²) in [7, 11) is 1.61. The molecule has 0 aliphatic rings. The van der Waals surface area contributed by atoms with Crippen molar-refractivity contribution in [3.8, 4) is 11.5 Å². The molecule has 0 aliphatic heterocycles. The van der Waals surface area contributed by atoms with E-state index in [9.17, 15) is 4.79 Å². The standard InChI is InChI=1S/C19H22N2O3S/c1-3-11-24-16-10-9-14(12-17(16)23-2)13-20-19(25)21-18(22)15-7-5-4-6-8-15/h4-10,12H,3,11,13H2,1-2H3,(H2,20,21,22,25). The molecule has 0 bridgehead atoms. The minimum absolute atomic E-state index is 0.237. The molecule has 0 fully saturated rings. The van der Waals surface area contributed by atoms with Crippen molar-refractivity contribution < 1.29 is 14.3 Å². The number of rotatable bonds is 7. The van der Waals surface area contributed by atoms with Crippen molar-refractivity contribution in [1.29, 1.82) is 0 Å². The third kappa shape index (κ3) is 5.76. The number of thiocarbonyl (C=S) groups is 1. The number of benzene rings is 2. The Morgan fingerprint density at radius 3 is 2.56 bits per heavy atom. The Morgan fingerprint density at radius 2 is 1.88 bits per heavy atom. The molecule has 0 aliphatic carbocycles. The zero-order valence-corrected chi connectivity index (χ0v) is 15.2. The molecule has 0 saturated carbocycles. The third-order valence-corrected chi connectivity index (χ3v) is 3.65. The van der Waals surface area contributed by atoms with Crippen molar-refractivity contribution in [2.24, 2.45) is 0 Å². The maximum Gasteiger partial charge on any atom is 0.257 e. The van der Waals surface area contributed by atoms with E-state index >= 15 is 0 Å². The van der Waals surface area contributed by atoms with Crippen molar-refractivity contribution in [2.75, 3.05) is 13.7 Å². The van der Waals surface area contributed by atoms with Gasteiger partial charge in [-0.15, -0.1) is 0 Å². The van der Waals surface area contributed by atoms with E-state index in [1.807, 2.05) is 24.3 Å². The maximum atomic E-state index is 12.0. The van der Waals surface area contributed by atoms with E-state index in [1.54, 1.807) is 31.4 Å². The van der Waals surface area contributed by atoms with Crippen LogP contribution in [0.1, 0.15) is 29.3 Å². The molecule has 132 valence electrons. The summed E-state index contributed by atoms with van der Waals surface area (Å²) in [6.07, 6.45) is 0.932. The lowest BCUT2D eigenvalue weighted by Crippen LogP contribution is -2.38. The first kappa shape index (κ1) is 18.7. The molecule has 5 nitrogen and oxygen atoms in total. The number of nitrogens with one attached hydrogen (secondary N) is 2. The van der Waals surface area contributed by atoms with Gasteiger partial charge in [0.05, 0.1) is 13.7 Å². The van der Waals surface area contributed by atoms with Crippen LogP contribution in [-0.2, 0) is 6.54 Å². The fourth-order valence-electron chi connectivity index (χ4n) is 2.14. The highest BCUT2D eigenvalue weighted by atomic mass is 32.1. The number of amides is 1. The summed E-state index contributed by atoms with van der Waals surface area (Å²) >= 11 is 5.17. The number of methoxy groups -OCH3 is 1. The summed E-state index contributed by atoms with van der Waals surface area (Å²) in [5, 5.41) is 5.95. The molecule has 0 radical (unpaired) electrons. The van der Waals surface area contributed by atoms with Crippen LogP contribution in [0.4, 0.5) is 0 Å². The fraction of sp³-hybridized carbons (Fsp3) is 0.263. The SMILES string of the molecule is CCCOc1ccc(CNC(=S)NC(=O)c2ccccc2)cc1OC. The van der Waals surface area contributed by atoms with E-state index in [4.69, 9.17) is 21.7 Å². The monoisotopic (exact) mass is 358 g/mol. The van der Waals surface area contributed by atoms with Gasteiger partial charge in [-0.05, 0) is 48.5 Å². The zero-order valence-electron chi connectivity index (χ0n) is 14.4. The van der Waals surface area contributed by atoms with E-state index in [0.29, 0.717) is 30.2 Å². The highest BCUT2D eigenvalue weighted by molar-refractivity contribution is 7.80. The molecule has 0 heterocycles. The van der Waals surface area contributed by atoms with Gasteiger partial charge in [-0.25, -0.2) is 0 Å². The van der Waals surface area contributed by atoms with E-state index in [1.165, 1.54) is 0 Å². The second-order valence-corrected chi connectivity index (χ2v) is 5.74. The van der Waals surface area contributed by atoms with Gasteiger partial charge in [0.1, 0.15) is 0 Å². The lowest BCUT2D eigenvalue weighted by molar-refractivity contribution is 0.0976. The Kier molecular flexibility index (Phi) is 7.22. The topological polar surface area (TPSA) is 59.6 Å². The first-order valence-electron chi connectivity index (χ1n) is 8.08. The minimum atomic E-state index is -0.237. The molecule has 0 saturated heterocycles. The summed E-state index contributed by atoms with van der Waals surface area (Å²) in [6.45, 7) is 3.16. The molecule has 0 spiro atoms. The molecule has 6 heteroatoms. The van der Waals surface area contributed by atoms with E-state index in [0.717, 1.165) is 12.0 Å². The summed E-state index contributed by atoms with van der Waals surface area (Å²) in [5.74, 6) is 1.15. The molecule has 2 rings (SSSR count). The lowest BCUT2D eigenvalue weighted by Gasteiger charge is -2.13. The average Bonchev–Trinajstić information content (AvgIpc) is 2.65. The molecule has 0 atom stereocenters. The summed E-state index contributed by atoms with van der Waals surface area (Å²) in [4.78, 5) is 12.0. The average molecular weight is 358 g/mol. The Morgan fingerprint density at radius 1 is 1.12 bits per heavy atom. The molecular weight excluding hydrogens is 336 g/mol. The molecule has 25 heavy (non-hydrogen) atoms. The van der Waals surface area contributed by atoms with Crippen LogP contribution in [0.5, 0.6) is 11.5 Å². The van der Waals surface area contributed by atoms with Crippen molar-refractivity contribution in [2.45, 2.75) is 19.9 Å². The predicted molar refractivity (Wildman–Crippen MR) is 102 cm³/mol. The van der Waals surface area contributed by atoms with Crippen molar-refractivity contribution in [3.63, 3.8) is 0 Å². The maximum absolute atomic E-state index is 12.0. The molecule has 1 amide bonds. The molecule has 0 unspecified atom stereocenters. The molecular formula is C19H22N2O3S. The number of carbonyl (C=O) groups excluding carboxylic acids is 1. The van der Waals surface area contributed by atoms with E-state index in [-0.39, 0.29) is 11.0 Å². The Bertz CT molecular complexity index is 720. The second kappa shape index (κ2) is 9.64. The van der Waals surface area contributed by atoms with Gasteiger partial charge >= 0.3 is 0 Å². The Labute approximate surface area is 153 Å². The third-order valence-electron chi connectivity index (χ3n) is 3.41. The Hall–Kier alpha value is -2.60. The largest absolute Gasteiger partial charge is 0.493 e. The highest BCUT2D eigenvalue weighted by Crippen LogP contribution is 2.28. The van der Waals surface area contributed by atoms with Gasteiger partial charge in [-0.3, -0.25) is 10.1 Å². The van der Waals surface area contributed by atoms with Crippen molar-refractivity contribution in [1.82, 2.24) is 10.6 Å². The van der Waals surface area contributed by atoms with Gasteiger partial charge < -0.3 is 14.8 Å². The smallest absolute Gasteiger partial charge is 0.257 e. The summed E-state index contributed by atoms with van der Waals surface area (Å²) in [6, 6.07) is 14.6. The van der Waals surface area contributed by atoms with Crippen LogP contribution in [0.2, 0.25) is 0 Å². The number of carbonyl (C=O) groups is 1. The first-order chi connectivity index (χ1) is 12.1. The van der Waals surface area contributed by atoms with Crippen LogP contribution in [0.15, 0.2) is 48.5 Å². The normalized spacial score (nSPS) is 10.0. The van der Waals surface area contributed by atoms with Crippen LogP contribution < -0.4 is 20.1 Å². The second-order valence-electron chi connectivity index (χ2n) is 5.34. The predicted octanol–water partition coefficient (Wildman–Crippen LogP) is 3.29. The van der Waals surface area contributed by atoms with Gasteiger partial charge in [0, 0.05) is 12.1 Å². The van der Waals surface area contributed by atoms with Crippen LogP contribution in [-0.4, -0.2) is 24.7 Å². The van der Waals surface area contributed by atoms with Crippen LogP contribution in [0.3, 0.4) is 0 Å². The molecule has 0 aromatic heterocycles. The van der Waals surface area contributed by atoms with Crippen LogP contribution in [0, 0.1) is 0 Å². The first-order valence-corrected chi connectivity index (χ1v) is 8.48. The quantitative estimate of drug-likeness (QED) is 0.744. The van der Waals surface area contributed by atoms with Gasteiger partial charge in [0.15, 0.2) is 16.6 Å². The number of ether oxygens (including phenoxy) is 2. The van der Waals surface area contributed by atoms with Gasteiger partial charge in [0.2, 0.25) is 0 Å². The fourth-order valence-corrected chi connectivity index (χ4v) is 2.31. The number of hydrogen-bond acceptors (Lipinski definition) is 4. The lowest BCUT2D eigenvalue weighted by atomic mass is 10.2. The van der Waals surface area contributed by atoms with Crippen LogP contribution in [0.25, 0.3) is 0 Å². The van der Waals surface area contributed by atoms with Gasteiger partial charge in [-0.2, -0.15) is 0 Å². The number of hydrogen-bond donors (Lipinski definition) is 2.